The van der Waals surface area contributed by atoms with Crippen LogP contribution in [0.4, 0.5) is 0 Å². The number of nitrogens with one attached hydrogen (secondary N) is 1. The van der Waals surface area contributed by atoms with Crippen LogP contribution in [0.25, 0.3) is 10.9 Å². The van der Waals surface area contributed by atoms with Crippen LogP contribution in [0.3, 0.4) is 0 Å². The third-order valence-corrected chi connectivity index (χ3v) is 4.37. The molecule has 4 nitrogen and oxygen atoms in total. The first-order valence-electron chi connectivity index (χ1n) is 7.88. The summed E-state index contributed by atoms with van der Waals surface area (Å²) in [6.45, 7) is 5.47. The standard InChI is InChI=1S/C18H22N2O2/c1-12-15-7-3-4-8-17(15)20-13(2)16(12)10-18(21)19-11-14-6-5-9-22-14/h3-4,7-8,14H,5-6,9-11H2,1-2H3,(H,19,21). The molecule has 1 aromatic heterocycles. The molecule has 1 aromatic carbocycles. The minimum absolute atomic E-state index is 0.0405. The third kappa shape index (κ3) is 3.12. The number of amides is 1. The lowest BCUT2D eigenvalue weighted by atomic mass is 9.99. The summed E-state index contributed by atoms with van der Waals surface area (Å²) >= 11 is 0. The molecule has 2 aromatic rings. The summed E-state index contributed by atoms with van der Waals surface area (Å²) in [7, 11) is 0. The van der Waals surface area contributed by atoms with Crippen LogP contribution >= 0.6 is 0 Å². The number of hydrogen-bond acceptors (Lipinski definition) is 3. The van der Waals surface area contributed by atoms with Crippen LogP contribution in [-0.2, 0) is 16.0 Å². The van der Waals surface area contributed by atoms with Gasteiger partial charge < -0.3 is 10.1 Å². The van der Waals surface area contributed by atoms with E-state index in [0.29, 0.717) is 13.0 Å². The van der Waals surface area contributed by atoms with E-state index < -0.39 is 0 Å². The summed E-state index contributed by atoms with van der Waals surface area (Å²) in [6, 6.07) is 8.07. The number of para-hydroxylation sites is 1. The Bertz CT molecular complexity index is 691. The van der Waals surface area contributed by atoms with Crippen molar-refractivity contribution in [1.82, 2.24) is 10.3 Å². The smallest absolute Gasteiger partial charge is 0.224 e. The molecule has 1 amide bonds. The molecule has 1 saturated heterocycles. The maximum atomic E-state index is 12.2. The molecule has 0 spiro atoms. The molecule has 1 N–H and O–H groups in total. The second-order valence-corrected chi connectivity index (χ2v) is 5.93. The van der Waals surface area contributed by atoms with E-state index in [0.717, 1.165) is 47.2 Å². The Hall–Kier alpha value is -1.94. The van der Waals surface area contributed by atoms with Crippen molar-refractivity contribution in [2.75, 3.05) is 13.2 Å². The van der Waals surface area contributed by atoms with Gasteiger partial charge in [0, 0.05) is 24.2 Å². The average molecular weight is 298 g/mol. The molecule has 1 unspecified atom stereocenters. The SMILES string of the molecule is Cc1nc2ccccc2c(C)c1CC(=O)NCC1CCCO1. The molecule has 1 aliphatic heterocycles. The molecule has 4 heteroatoms. The number of benzene rings is 1. The van der Waals surface area contributed by atoms with Crippen LogP contribution in [0, 0.1) is 13.8 Å². The van der Waals surface area contributed by atoms with Gasteiger partial charge in [-0.2, -0.15) is 0 Å². The van der Waals surface area contributed by atoms with Gasteiger partial charge in [-0.15, -0.1) is 0 Å². The summed E-state index contributed by atoms with van der Waals surface area (Å²) in [5.74, 6) is 0.0405. The summed E-state index contributed by atoms with van der Waals surface area (Å²) in [6.07, 6.45) is 2.69. The second-order valence-electron chi connectivity index (χ2n) is 5.93. The van der Waals surface area contributed by atoms with Crippen molar-refractivity contribution in [2.24, 2.45) is 0 Å². The molecular weight excluding hydrogens is 276 g/mol. The minimum Gasteiger partial charge on any atom is -0.376 e. The number of aromatic nitrogens is 1. The number of rotatable bonds is 4. The van der Waals surface area contributed by atoms with Gasteiger partial charge in [0.2, 0.25) is 5.91 Å². The molecule has 0 radical (unpaired) electrons. The Balaban J connectivity index is 1.73. The van der Waals surface area contributed by atoms with E-state index in [2.05, 4.69) is 23.3 Å². The van der Waals surface area contributed by atoms with Crippen LogP contribution < -0.4 is 5.32 Å². The molecular formula is C18H22N2O2. The quantitative estimate of drug-likeness (QED) is 0.944. The Morgan fingerprint density at radius 3 is 2.95 bits per heavy atom. The van der Waals surface area contributed by atoms with Crippen LogP contribution in [-0.4, -0.2) is 30.1 Å². The fourth-order valence-corrected chi connectivity index (χ4v) is 3.09. The topological polar surface area (TPSA) is 51.2 Å². The number of carbonyl (C=O) groups excluding carboxylic acids is 1. The highest BCUT2D eigenvalue weighted by Crippen LogP contribution is 2.22. The van der Waals surface area contributed by atoms with Crippen molar-refractivity contribution in [1.29, 1.82) is 0 Å². The van der Waals surface area contributed by atoms with Crippen LogP contribution in [0.1, 0.15) is 29.7 Å². The van der Waals surface area contributed by atoms with Gasteiger partial charge in [0.05, 0.1) is 18.0 Å². The lowest BCUT2D eigenvalue weighted by Gasteiger charge is -2.14. The molecule has 22 heavy (non-hydrogen) atoms. The average Bonchev–Trinajstić information content (AvgIpc) is 3.03. The highest BCUT2D eigenvalue weighted by atomic mass is 16.5. The van der Waals surface area contributed by atoms with Gasteiger partial charge >= 0.3 is 0 Å². The molecule has 3 rings (SSSR count). The van der Waals surface area contributed by atoms with Gasteiger partial charge in [0.25, 0.3) is 0 Å². The minimum atomic E-state index is 0.0405. The van der Waals surface area contributed by atoms with Crippen molar-refractivity contribution in [3.8, 4) is 0 Å². The Morgan fingerprint density at radius 2 is 2.18 bits per heavy atom. The van der Waals surface area contributed by atoms with Gasteiger partial charge in [-0.3, -0.25) is 9.78 Å². The van der Waals surface area contributed by atoms with Gasteiger partial charge in [0.15, 0.2) is 0 Å². The van der Waals surface area contributed by atoms with E-state index in [1.54, 1.807) is 0 Å². The van der Waals surface area contributed by atoms with Gasteiger partial charge in [-0.05, 0) is 43.9 Å². The van der Waals surface area contributed by atoms with Gasteiger partial charge in [-0.25, -0.2) is 0 Å². The predicted octanol–water partition coefficient (Wildman–Crippen LogP) is 2.69. The first-order chi connectivity index (χ1) is 10.6. The number of fused-ring (bicyclic) bond motifs is 1. The van der Waals surface area contributed by atoms with E-state index in [4.69, 9.17) is 4.74 Å². The maximum Gasteiger partial charge on any atom is 0.224 e. The number of aryl methyl sites for hydroxylation is 2. The molecule has 1 atom stereocenters. The van der Waals surface area contributed by atoms with Crippen molar-refractivity contribution < 1.29 is 9.53 Å². The molecule has 116 valence electrons. The molecule has 0 bridgehead atoms. The highest BCUT2D eigenvalue weighted by Gasteiger charge is 2.17. The first kappa shape index (κ1) is 15.0. The van der Waals surface area contributed by atoms with Gasteiger partial charge in [-0.1, -0.05) is 18.2 Å². The fourth-order valence-electron chi connectivity index (χ4n) is 3.09. The van der Waals surface area contributed by atoms with E-state index in [1.807, 2.05) is 25.1 Å². The maximum absolute atomic E-state index is 12.2. The zero-order valence-corrected chi connectivity index (χ0v) is 13.2. The van der Waals surface area contributed by atoms with E-state index in [1.165, 1.54) is 0 Å². The summed E-state index contributed by atoms with van der Waals surface area (Å²) in [5.41, 5.74) is 4.10. The molecule has 0 aliphatic carbocycles. The molecule has 1 fully saturated rings. The second kappa shape index (κ2) is 6.44. The van der Waals surface area contributed by atoms with Crippen molar-refractivity contribution in [2.45, 2.75) is 39.2 Å². The molecule has 0 saturated carbocycles. The molecule has 1 aliphatic rings. The van der Waals surface area contributed by atoms with Crippen LogP contribution in [0.5, 0.6) is 0 Å². The van der Waals surface area contributed by atoms with Crippen molar-refractivity contribution in [3.63, 3.8) is 0 Å². The lowest BCUT2D eigenvalue weighted by molar-refractivity contribution is -0.120. The van der Waals surface area contributed by atoms with Crippen LogP contribution in [0.2, 0.25) is 0 Å². The third-order valence-electron chi connectivity index (χ3n) is 4.37. The fraction of sp³-hybridized carbons (Fsp3) is 0.444. The van der Waals surface area contributed by atoms with E-state index in [-0.39, 0.29) is 12.0 Å². The number of nitrogens with zero attached hydrogens (tertiary/aromatic N) is 1. The number of carbonyl (C=O) groups is 1. The highest BCUT2D eigenvalue weighted by molar-refractivity contribution is 5.86. The zero-order chi connectivity index (χ0) is 15.5. The lowest BCUT2D eigenvalue weighted by Crippen LogP contribution is -2.33. The molecule has 2 heterocycles. The predicted molar refractivity (Wildman–Crippen MR) is 86.9 cm³/mol. The number of pyridine rings is 1. The number of hydrogen-bond donors (Lipinski definition) is 1. The summed E-state index contributed by atoms with van der Waals surface area (Å²) < 4.78 is 5.53. The number of ether oxygens (including phenoxy) is 1. The van der Waals surface area contributed by atoms with Crippen molar-refractivity contribution in [3.05, 3.63) is 41.1 Å². The normalized spacial score (nSPS) is 17.8. The van der Waals surface area contributed by atoms with Crippen molar-refractivity contribution >= 4 is 16.8 Å². The zero-order valence-electron chi connectivity index (χ0n) is 13.2. The van der Waals surface area contributed by atoms with E-state index >= 15 is 0 Å². The Kier molecular flexibility index (Phi) is 4.39. The monoisotopic (exact) mass is 298 g/mol. The van der Waals surface area contributed by atoms with Crippen LogP contribution in [0.15, 0.2) is 24.3 Å². The first-order valence-corrected chi connectivity index (χ1v) is 7.88. The Morgan fingerprint density at radius 1 is 1.36 bits per heavy atom. The largest absolute Gasteiger partial charge is 0.376 e. The summed E-state index contributed by atoms with van der Waals surface area (Å²) in [5, 5.41) is 4.10. The van der Waals surface area contributed by atoms with Gasteiger partial charge in [0.1, 0.15) is 0 Å². The Labute approximate surface area is 130 Å². The summed E-state index contributed by atoms with van der Waals surface area (Å²) in [4.78, 5) is 16.8. The van der Waals surface area contributed by atoms with E-state index in [9.17, 15) is 4.79 Å².